The van der Waals surface area contributed by atoms with Gasteiger partial charge in [0.15, 0.2) is 12.1 Å². The van der Waals surface area contributed by atoms with E-state index in [0.717, 1.165) is 38.5 Å². The smallest absolute Gasteiger partial charge is 0.478 e. The number of aliphatic hydroxyl groups is 2. The van der Waals surface area contributed by atoms with Gasteiger partial charge in [-0.25, -0.2) is 14.6 Å². The van der Waals surface area contributed by atoms with Crippen molar-refractivity contribution in [3.63, 3.8) is 0 Å². The minimum atomic E-state index is -5.08. The molecule has 0 aromatic carbocycles. The predicted molar refractivity (Wildman–Crippen MR) is 128 cm³/mol. The highest BCUT2D eigenvalue weighted by atomic mass is 19.4. The zero-order valence-corrected chi connectivity index (χ0v) is 21.2. The second-order valence-electron chi connectivity index (χ2n) is 8.35. The van der Waals surface area contributed by atoms with Crippen LogP contribution < -0.4 is 16.8 Å². The zero-order valence-electron chi connectivity index (χ0n) is 21.2. The van der Waals surface area contributed by atoms with Crippen molar-refractivity contribution in [2.45, 2.75) is 88.9 Å². The lowest BCUT2D eigenvalue weighted by Gasteiger charge is -2.40. The first-order valence-electron chi connectivity index (χ1n) is 11.8. The minimum Gasteiger partial charge on any atom is -0.478 e. The molecule has 220 valence electrons. The SMILES string of the molecule is CCCCCCCCO[C@@H]([C@@H]1OC(C(=O)O)=C[C@H](N=C(N)N)[C@H]1NC(C)=O)[C@H](O)CO.O=C(O)C(F)(F)F. The van der Waals surface area contributed by atoms with E-state index in [1.54, 1.807) is 0 Å². The van der Waals surface area contributed by atoms with Crippen molar-refractivity contribution in [2.75, 3.05) is 13.2 Å². The van der Waals surface area contributed by atoms with E-state index >= 15 is 0 Å². The van der Waals surface area contributed by atoms with Crippen LogP contribution in [0.3, 0.4) is 0 Å². The third-order valence-corrected chi connectivity index (χ3v) is 5.13. The lowest BCUT2D eigenvalue weighted by atomic mass is 9.92. The number of aliphatic hydroxyl groups excluding tert-OH is 2. The number of amides is 1. The van der Waals surface area contributed by atoms with E-state index in [9.17, 15) is 38.1 Å². The van der Waals surface area contributed by atoms with Crippen LogP contribution in [0.25, 0.3) is 0 Å². The molecule has 1 amide bonds. The van der Waals surface area contributed by atoms with Gasteiger partial charge < -0.3 is 46.7 Å². The van der Waals surface area contributed by atoms with Crippen molar-refractivity contribution in [3.05, 3.63) is 11.8 Å². The maximum absolute atomic E-state index is 11.8. The molecule has 1 heterocycles. The van der Waals surface area contributed by atoms with E-state index in [1.165, 1.54) is 13.0 Å². The van der Waals surface area contributed by atoms with Gasteiger partial charge in [-0.3, -0.25) is 4.79 Å². The molecule has 0 fully saturated rings. The molecule has 38 heavy (non-hydrogen) atoms. The van der Waals surface area contributed by atoms with E-state index in [2.05, 4.69) is 17.2 Å². The number of nitrogens with zero attached hydrogens (tertiary/aromatic N) is 1. The lowest BCUT2D eigenvalue weighted by Crippen LogP contribution is -2.60. The molecule has 1 aliphatic heterocycles. The standard InChI is InChI=1S/C20H36N4O7.C2HF3O2/c1-3-4-5-6-7-8-9-30-17(14(27)11-25)18-16(23-12(2)26)13(24-20(21)22)10-15(31-18)19(28)29;3-2(4,5)1(6)7/h10,13-14,16-18,25,27H,3-9,11H2,1-2H3,(H,23,26)(H,28,29)(H4,21,22,24);(H,6,7)/t13-,14+,16+,17+,18+;/m0./s1. The molecule has 0 saturated heterocycles. The number of hydrogen-bond donors (Lipinski definition) is 7. The maximum atomic E-state index is 11.8. The topological polar surface area (TPSA) is 227 Å². The van der Waals surface area contributed by atoms with Gasteiger partial charge in [0.25, 0.3) is 0 Å². The van der Waals surface area contributed by atoms with Gasteiger partial charge in [0.1, 0.15) is 12.2 Å². The second-order valence-corrected chi connectivity index (χ2v) is 8.35. The molecule has 16 heteroatoms. The van der Waals surface area contributed by atoms with Crippen LogP contribution in [0.1, 0.15) is 52.4 Å². The monoisotopic (exact) mass is 558 g/mol. The Morgan fingerprint density at radius 2 is 1.71 bits per heavy atom. The highest BCUT2D eigenvalue weighted by molar-refractivity contribution is 5.85. The second kappa shape index (κ2) is 17.4. The van der Waals surface area contributed by atoms with Crippen LogP contribution in [0.15, 0.2) is 16.8 Å². The number of carboxylic acid groups (broad SMARTS) is 2. The average molecular weight is 559 g/mol. The summed E-state index contributed by atoms with van der Waals surface area (Å²) in [5, 5.41) is 39.1. The minimum absolute atomic E-state index is 0.263. The number of hydrogen-bond acceptors (Lipinski definition) is 8. The largest absolute Gasteiger partial charge is 0.490 e. The summed E-state index contributed by atoms with van der Waals surface area (Å²) in [6.45, 7) is 3.02. The van der Waals surface area contributed by atoms with Gasteiger partial charge in [0.05, 0.1) is 18.7 Å². The number of carboxylic acids is 2. The van der Waals surface area contributed by atoms with Crippen molar-refractivity contribution in [1.82, 2.24) is 5.32 Å². The fourth-order valence-corrected chi connectivity index (χ4v) is 3.43. The zero-order chi connectivity index (χ0) is 29.5. The fourth-order valence-electron chi connectivity index (χ4n) is 3.43. The number of nitrogens with one attached hydrogen (secondary N) is 1. The highest BCUT2D eigenvalue weighted by Crippen LogP contribution is 2.26. The number of carbonyl (C=O) groups excluding carboxylic acids is 1. The van der Waals surface area contributed by atoms with Crippen molar-refractivity contribution >= 4 is 23.8 Å². The van der Waals surface area contributed by atoms with Crippen LogP contribution in [0.2, 0.25) is 0 Å². The summed E-state index contributed by atoms with van der Waals surface area (Å²) in [6.07, 6.45) is -1.44. The van der Waals surface area contributed by atoms with Crippen LogP contribution in [-0.2, 0) is 23.9 Å². The number of rotatable bonds is 14. The number of aliphatic imine (C=N–C) groups is 1. The Morgan fingerprint density at radius 1 is 1.16 bits per heavy atom. The molecular weight excluding hydrogens is 521 g/mol. The van der Waals surface area contributed by atoms with Crippen LogP contribution in [0.5, 0.6) is 0 Å². The molecule has 0 spiro atoms. The Kier molecular flexibility index (Phi) is 16.0. The van der Waals surface area contributed by atoms with E-state index in [-0.39, 0.29) is 12.6 Å². The van der Waals surface area contributed by atoms with Crippen LogP contribution >= 0.6 is 0 Å². The third kappa shape index (κ3) is 13.4. The fraction of sp³-hybridized carbons (Fsp3) is 0.727. The summed E-state index contributed by atoms with van der Waals surface area (Å²) in [6, 6.07) is -1.90. The molecule has 1 rings (SSSR count). The quantitative estimate of drug-likeness (QED) is 0.0867. The van der Waals surface area contributed by atoms with E-state index in [1.807, 2.05) is 0 Å². The van der Waals surface area contributed by atoms with Gasteiger partial charge >= 0.3 is 18.1 Å². The molecule has 0 aromatic rings. The average Bonchev–Trinajstić information content (AvgIpc) is 2.80. The van der Waals surface area contributed by atoms with Crippen molar-refractivity contribution in [1.29, 1.82) is 0 Å². The van der Waals surface area contributed by atoms with Crippen molar-refractivity contribution in [3.8, 4) is 0 Å². The number of nitrogens with two attached hydrogens (primary N) is 2. The summed E-state index contributed by atoms with van der Waals surface area (Å²) in [5.41, 5.74) is 10.9. The number of unbranched alkanes of at least 4 members (excludes halogenated alkanes) is 5. The Balaban J connectivity index is 0.00000171. The molecule has 0 aromatic heterocycles. The number of halogens is 3. The lowest BCUT2D eigenvalue weighted by molar-refractivity contribution is -0.192. The Labute approximate surface area is 217 Å². The summed E-state index contributed by atoms with van der Waals surface area (Å²) in [4.78, 5) is 36.2. The normalized spacial score (nSPS) is 20.5. The Bertz CT molecular complexity index is 820. The van der Waals surface area contributed by atoms with Crippen molar-refractivity contribution in [2.24, 2.45) is 16.5 Å². The molecular formula is C22H37F3N4O9. The molecule has 0 aliphatic carbocycles. The van der Waals surface area contributed by atoms with Crippen molar-refractivity contribution < 1.29 is 57.5 Å². The first kappa shape index (κ1) is 34.9. The summed E-state index contributed by atoms with van der Waals surface area (Å²) in [7, 11) is 0. The van der Waals surface area contributed by atoms with Crippen LogP contribution in [-0.4, -0.2) is 94.0 Å². The molecule has 9 N–H and O–H groups in total. The molecule has 0 bridgehead atoms. The number of ether oxygens (including phenoxy) is 2. The van der Waals surface area contributed by atoms with Gasteiger partial charge in [-0.15, -0.1) is 0 Å². The Hall–Kier alpha value is -3.11. The molecule has 5 atom stereocenters. The van der Waals surface area contributed by atoms with Crippen LogP contribution in [0.4, 0.5) is 13.2 Å². The van der Waals surface area contributed by atoms with Gasteiger partial charge in [-0.1, -0.05) is 39.0 Å². The number of alkyl halides is 3. The van der Waals surface area contributed by atoms with Gasteiger partial charge in [0.2, 0.25) is 11.7 Å². The number of carbonyl (C=O) groups is 3. The van der Waals surface area contributed by atoms with E-state index in [0.29, 0.717) is 0 Å². The molecule has 1 aliphatic rings. The molecule has 0 unspecified atom stereocenters. The summed E-state index contributed by atoms with van der Waals surface area (Å²) in [5.74, 6) is -5.31. The number of guanidine groups is 1. The molecule has 0 saturated carbocycles. The molecule has 13 nitrogen and oxygen atoms in total. The molecule has 0 radical (unpaired) electrons. The summed E-state index contributed by atoms with van der Waals surface area (Å²) >= 11 is 0. The van der Waals surface area contributed by atoms with E-state index in [4.69, 9.17) is 30.8 Å². The first-order chi connectivity index (χ1) is 17.6. The maximum Gasteiger partial charge on any atom is 0.490 e. The first-order valence-corrected chi connectivity index (χ1v) is 11.8. The summed E-state index contributed by atoms with van der Waals surface area (Å²) < 4.78 is 43.1. The van der Waals surface area contributed by atoms with E-state index < -0.39 is 66.8 Å². The van der Waals surface area contributed by atoms with Gasteiger partial charge in [-0.05, 0) is 12.5 Å². The predicted octanol–water partition coefficient (Wildman–Crippen LogP) is 0.233. The third-order valence-electron chi connectivity index (χ3n) is 5.13. The highest BCUT2D eigenvalue weighted by Gasteiger charge is 2.45. The number of aliphatic carboxylic acids is 2. The van der Waals surface area contributed by atoms with Crippen LogP contribution in [0, 0.1) is 0 Å². The Morgan fingerprint density at radius 3 is 2.16 bits per heavy atom. The van der Waals surface area contributed by atoms with Gasteiger partial charge in [0, 0.05) is 13.5 Å². The van der Waals surface area contributed by atoms with Gasteiger partial charge in [-0.2, -0.15) is 13.2 Å².